The van der Waals surface area contributed by atoms with E-state index in [2.05, 4.69) is 0 Å². The van der Waals surface area contributed by atoms with Crippen LogP contribution in [0.4, 0.5) is 13.2 Å². The lowest BCUT2D eigenvalue weighted by atomic mass is 9.98. The van der Waals surface area contributed by atoms with E-state index in [0.29, 0.717) is 17.9 Å². The van der Waals surface area contributed by atoms with E-state index in [0.717, 1.165) is 0 Å². The normalized spacial score (nSPS) is 14.1. The van der Waals surface area contributed by atoms with Crippen molar-refractivity contribution in [1.29, 1.82) is 0 Å². The van der Waals surface area contributed by atoms with Crippen LogP contribution in [0.2, 0.25) is 0 Å². The van der Waals surface area contributed by atoms with Crippen molar-refractivity contribution in [1.82, 2.24) is 0 Å². The molecule has 0 spiro atoms. The highest BCUT2D eigenvalue weighted by molar-refractivity contribution is 8.00. The van der Waals surface area contributed by atoms with Gasteiger partial charge in [-0.15, -0.1) is 0 Å². The van der Waals surface area contributed by atoms with Crippen molar-refractivity contribution in [3.05, 3.63) is 29.8 Å². The third kappa shape index (κ3) is 5.00. The summed E-state index contributed by atoms with van der Waals surface area (Å²) in [6.07, 6.45) is 0.676. The van der Waals surface area contributed by atoms with E-state index in [1.54, 1.807) is 18.2 Å². The van der Waals surface area contributed by atoms with Gasteiger partial charge in [0.1, 0.15) is 0 Å². The molecule has 0 amide bonds. The summed E-state index contributed by atoms with van der Waals surface area (Å²) in [4.78, 5) is 0.202. The van der Waals surface area contributed by atoms with Gasteiger partial charge in [-0.3, -0.25) is 0 Å². The molecule has 0 heterocycles. The number of alkyl halides is 3. The molecule has 1 nitrogen and oxygen atoms in total. The summed E-state index contributed by atoms with van der Waals surface area (Å²) in [5.74, 6) is 0.356. The summed E-state index contributed by atoms with van der Waals surface area (Å²) in [6.45, 7) is 4.00. The summed E-state index contributed by atoms with van der Waals surface area (Å²) >= 11 is -0.0972. The Morgan fingerprint density at radius 3 is 2.35 bits per heavy atom. The molecule has 0 aliphatic rings. The molecule has 1 aromatic rings. The van der Waals surface area contributed by atoms with Gasteiger partial charge in [0.25, 0.3) is 0 Å². The highest BCUT2D eigenvalue weighted by Gasteiger charge is 2.30. The minimum Gasteiger partial charge on any atom is -0.324 e. The van der Waals surface area contributed by atoms with Crippen molar-refractivity contribution in [2.45, 2.75) is 36.7 Å². The fraction of sp³-hybridized carbons (Fsp3) is 0.500. The summed E-state index contributed by atoms with van der Waals surface area (Å²) in [5.41, 5.74) is 2.24. The van der Waals surface area contributed by atoms with Gasteiger partial charge in [-0.1, -0.05) is 32.0 Å². The first-order chi connectivity index (χ1) is 7.79. The van der Waals surface area contributed by atoms with Crippen LogP contribution < -0.4 is 5.73 Å². The number of halogens is 3. The van der Waals surface area contributed by atoms with Crippen LogP contribution in [-0.4, -0.2) is 5.51 Å². The van der Waals surface area contributed by atoms with E-state index < -0.39 is 5.51 Å². The van der Waals surface area contributed by atoms with Gasteiger partial charge in [-0.05, 0) is 35.7 Å². The number of thioether (sulfide) groups is 1. The molecule has 2 N–H and O–H groups in total. The average molecular weight is 263 g/mol. The van der Waals surface area contributed by atoms with Crippen LogP contribution in [-0.2, 0) is 0 Å². The molecule has 1 atom stereocenters. The zero-order valence-corrected chi connectivity index (χ0v) is 10.6. The topological polar surface area (TPSA) is 26.0 Å². The van der Waals surface area contributed by atoms with Gasteiger partial charge in [0, 0.05) is 10.9 Å². The predicted molar refractivity (Wildman–Crippen MR) is 64.7 cm³/mol. The Kier molecular flexibility index (Phi) is 4.89. The maximum Gasteiger partial charge on any atom is 0.446 e. The van der Waals surface area contributed by atoms with Gasteiger partial charge < -0.3 is 5.73 Å². The van der Waals surface area contributed by atoms with Crippen molar-refractivity contribution in [2.24, 2.45) is 11.7 Å². The molecule has 96 valence electrons. The van der Waals surface area contributed by atoms with Crippen LogP contribution in [0.3, 0.4) is 0 Å². The molecule has 0 saturated carbocycles. The molecule has 0 aliphatic carbocycles. The van der Waals surface area contributed by atoms with Gasteiger partial charge in [-0.25, -0.2) is 0 Å². The first-order valence-corrected chi connectivity index (χ1v) is 6.21. The number of rotatable bonds is 4. The molecular weight excluding hydrogens is 247 g/mol. The number of nitrogens with two attached hydrogens (primary N) is 1. The second-order valence-corrected chi connectivity index (χ2v) is 5.43. The summed E-state index contributed by atoms with van der Waals surface area (Å²) in [5, 5.41) is 0. The lowest BCUT2D eigenvalue weighted by Gasteiger charge is -2.18. The largest absolute Gasteiger partial charge is 0.446 e. The van der Waals surface area contributed by atoms with E-state index >= 15 is 0 Å². The Balaban J connectivity index is 2.91. The summed E-state index contributed by atoms with van der Waals surface area (Å²) in [7, 11) is 0. The molecule has 17 heavy (non-hydrogen) atoms. The van der Waals surface area contributed by atoms with E-state index in [1.807, 2.05) is 13.8 Å². The molecule has 0 unspecified atom stereocenters. The summed E-state index contributed by atoms with van der Waals surface area (Å²) in [6, 6.07) is 6.10. The molecular formula is C12H16F3NS. The third-order valence-corrected chi connectivity index (χ3v) is 3.09. The zero-order valence-electron chi connectivity index (χ0n) is 9.79. The Morgan fingerprint density at radius 2 is 1.82 bits per heavy atom. The fourth-order valence-corrected chi connectivity index (χ4v) is 2.37. The van der Waals surface area contributed by atoms with Gasteiger partial charge in [0.05, 0.1) is 0 Å². The Bertz CT molecular complexity index is 363. The molecule has 0 bridgehead atoms. The SMILES string of the molecule is CC(C)C[C@H](N)c1ccccc1SC(F)(F)F. The first-order valence-electron chi connectivity index (χ1n) is 5.40. The standard InChI is InChI=1S/C12H16F3NS/c1-8(2)7-10(16)9-5-3-4-6-11(9)17-12(13,14)15/h3-6,8,10H,7,16H2,1-2H3/t10-/m0/s1. The number of benzene rings is 1. The molecule has 5 heteroatoms. The van der Waals surface area contributed by atoms with E-state index in [1.165, 1.54) is 6.07 Å². The van der Waals surface area contributed by atoms with Gasteiger partial charge in [0.2, 0.25) is 0 Å². The van der Waals surface area contributed by atoms with Gasteiger partial charge >= 0.3 is 5.51 Å². The summed E-state index contributed by atoms with van der Waals surface area (Å²) < 4.78 is 37.1. The number of hydrogen-bond acceptors (Lipinski definition) is 2. The van der Waals surface area contributed by atoms with Crippen LogP contribution >= 0.6 is 11.8 Å². The van der Waals surface area contributed by atoms with Crippen molar-refractivity contribution in [3.63, 3.8) is 0 Å². The molecule has 0 fully saturated rings. The Hall–Kier alpha value is -0.680. The molecule has 0 aliphatic heterocycles. The predicted octanol–water partition coefficient (Wildman–Crippen LogP) is 4.34. The van der Waals surface area contributed by atoms with Crippen LogP contribution in [0.5, 0.6) is 0 Å². The van der Waals surface area contributed by atoms with E-state index in [9.17, 15) is 13.2 Å². The molecule has 0 aromatic heterocycles. The lowest BCUT2D eigenvalue weighted by molar-refractivity contribution is -0.0328. The van der Waals surface area contributed by atoms with Crippen LogP contribution in [0.15, 0.2) is 29.2 Å². The minimum atomic E-state index is -4.27. The van der Waals surface area contributed by atoms with Crippen molar-refractivity contribution in [3.8, 4) is 0 Å². The van der Waals surface area contributed by atoms with Crippen LogP contribution in [0.25, 0.3) is 0 Å². The lowest BCUT2D eigenvalue weighted by Crippen LogP contribution is -2.14. The molecule has 0 saturated heterocycles. The van der Waals surface area contributed by atoms with Crippen molar-refractivity contribution >= 4 is 11.8 Å². The zero-order chi connectivity index (χ0) is 13.1. The van der Waals surface area contributed by atoms with Gasteiger partial charge in [0.15, 0.2) is 0 Å². The fourth-order valence-electron chi connectivity index (χ4n) is 1.64. The minimum absolute atomic E-state index is 0.0972. The number of hydrogen-bond donors (Lipinski definition) is 1. The highest BCUT2D eigenvalue weighted by Crippen LogP contribution is 2.40. The monoisotopic (exact) mass is 263 g/mol. The maximum atomic E-state index is 12.4. The van der Waals surface area contributed by atoms with Crippen LogP contribution in [0.1, 0.15) is 31.9 Å². The van der Waals surface area contributed by atoms with Crippen molar-refractivity contribution in [2.75, 3.05) is 0 Å². The Morgan fingerprint density at radius 1 is 1.24 bits per heavy atom. The third-order valence-electron chi connectivity index (χ3n) is 2.27. The van der Waals surface area contributed by atoms with E-state index in [-0.39, 0.29) is 22.7 Å². The second-order valence-electron chi connectivity index (χ2n) is 4.32. The van der Waals surface area contributed by atoms with Gasteiger partial charge in [-0.2, -0.15) is 13.2 Å². The molecule has 1 rings (SSSR count). The highest BCUT2D eigenvalue weighted by atomic mass is 32.2. The van der Waals surface area contributed by atoms with Crippen LogP contribution in [0, 0.1) is 5.92 Å². The average Bonchev–Trinajstić information content (AvgIpc) is 2.14. The first kappa shape index (κ1) is 14.4. The van der Waals surface area contributed by atoms with E-state index in [4.69, 9.17) is 5.73 Å². The quantitative estimate of drug-likeness (QED) is 0.817. The second kappa shape index (κ2) is 5.78. The molecule has 0 radical (unpaired) electrons. The van der Waals surface area contributed by atoms with Crippen molar-refractivity contribution < 1.29 is 13.2 Å². The smallest absolute Gasteiger partial charge is 0.324 e. The molecule has 1 aromatic carbocycles. The Labute approximate surface area is 104 Å². The maximum absolute atomic E-state index is 12.4.